The molecule has 23 heavy (non-hydrogen) atoms. The van der Waals surface area contributed by atoms with Crippen LogP contribution in [0.1, 0.15) is 37.2 Å². The van der Waals surface area contributed by atoms with Crippen LogP contribution in [0.15, 0.2) is 30.5 Å². The molecule has 0 aliphatic carbocycles. The molecule has 3 rings (SSSR count). The molecule has 1 aliphatic rings. The molecule has 2 atom stereocenters. The van der Waals surface area contributed by atoms with Gasteiger partial charge in [-0.1, -0.05) is 30.7 Å². The van der Waals surface area contributed by atoms with Crippen molar-refractivity contribution in [1.29, 1.82) is 0 Å². The molecule has 0 radical (unpaired) electrons. The van der Waals surface area contributed by atoms with Crippen molar-refractivity contribution in [2.24, 2.45) is 11.7 Å². The normalized spacial score (nSPS) is 19.1. The molecular formula is C18H24N4O. The zero-order valence-corrected chi connectivity index (χ0v) is 13.7. The van der Waals surface area contributed by atoms with Gasteiger partial charge in [0.1, 0.15) is 5.82 Å². The van der Waals surface area contributed by atoms with Gasteiger partial charge in [-0.3, -0.25) is 4.79 Å². The van der Waals surface area contributed by atoms with Crippen LogP contribution < -0.4 is 5.73 Å². The van der Waals surface area contributed by atoms with Crippen LogP contribution in [0.5, 0.6) is 0 Å². The molecule has 2 aromatic rings. The number of aromatic nitrogens is 2. The molecule has 0 saturated carbocycles. The van der Waals surface area contributed by atoms with Crippen LogP contribution in [0.25, 0.3) is 11.3 Å². The molecule has 1 aliphatic heterocycles. The van der Waals surface area contributed by atoms with E-state index in [2.05, 4.69) is 35.1 Å². The third kappa shape index (κ3) is 3.15. The summed E-state index contributed by atoms with van der Waals surface area (Å²) in [6, 6.07) is 8.35. The van der Waals surface area contributed by atoms with Crippen molar-refractivity contribution in [3.63, 3.8) is 0 Å². The summed E-state index contributed by atoms with van der Waals surface area (Å²) >= 11 is 0. The molecule has 1 aromatic carbocycles. The van der Waals surface area contributed by atoms with E-state index in [0.29, 0.717) is 6.54 Å². The highest BCUT2D eigenvalue weighted by Crippen LogP contribution is 2.32. The van der Waals surface area contributed by atoms with E-state index in [1.807, 2.05) is 24.1 Å². The van der Waals surface area contributed by atoms with Crippen molar-refractivity contribution in [3.05, 3.63) is 41.9 Å². The number of rotatable bonds is 4. The van der Waals surface area contributed by atoms with Crippen LogP contribution in [0.4, 0.5) is 0 Å². The number of aryl methyl sites for hydroxylation is 1. The summed E-state index contributed by atoms with van der Waals surface area (Å²) in [6.07, 6.45) is 3.81. The van der Waals surface area contributed by atoms with Crippen LogP contribution in [0.3, 0.4) is 0 Å². The first kappa shape index (κ1) is 15.7. The average Bonchev–Trinajstić information content (AvgIpc) is 3.22. The minimum absolute atomic E-state index is 0.0371. The second-order valence-corrected chi connectivity index (χ2v) is 6.38. The lowest BCUT2D eigenvalue weighted by atomic mass is 10.1. The van der Waals surface area contributed by atoms with Gasteiger partial charge in [0.25, 0.3) is 0 Å². The topological polar surface area (TPSA) is 75.0 Å². The predicted octanol–water partition coefficient (Wildman–Crippen LogP) is 2.64. The second-order valence-electron chi connectivity index (χ2n) is 6.38. The number of H-pyrrole nitrogens is 1. The largest absolute Gasteiger partial charge is 0.340 e. The number of carbonyl (C=O) groups excluding carboxylic acids is 1. The number of likely N-dealkylation sites (tertiary alicyclic amines) is 1. The fraction of sp³-hybridized carbons (Fsp3) is 0.444. The minimum Gasteiger partial charge on any atom is -0.340 e. The van der Waals surface area contributed by atoms with Crippen molar-refractivity contribution in [2.75, 3.05) is 13.1 Å². The van der Waals surface area contributed by atoms with Gasteiger partial charge >= 0.3 is 0 Å². The van der Waals surface area contributed by atoms with E-state index < -0.39 is 0 Å². The molecule has 5 nitrogen and oxygen atoms in total. The van der Waals surface area contributed by atoms with Crippen LogP contribution in [-0.4, -0.2) is 33.9 Å². The predicted molar refractivity (Wildman–Crippen MR) is 90.7 cm³/mol. The zero-order chi connectivity index (χ0) is 16.4. The molecule has 0 spiro atoms. The maximum Gasteiger partial charge on any atom is 0.227 e. The van der Waals surface area contributed by atoms with E-state index in [1.165, 1.54) is 5.56 Å². The highest BCUT2D eigenvalue weighted by Gasteiger charge is 2.33. The molecule has 1 amide bonds. The van der Waals surface area contributed by atoms with Crippen molar-refractivity contribution < 1.29 is 4.79 Å². The number of nitrogens with one attached hydrogen (secondary N) is 1. The fourth-order valence-electron chi connectivity index (χ4n) is 3.16. The zero-order valence-electron chi connectivity index (χ0n) is 13.7. The Hall–Kier alpha value is -2.14. The Kier molecular flexibility index (Phi) is 4.48. The number of benzene rings is 1. The number of nitrogens with two attached hydrogens (primary N) is 1. The Morgan fingerprint density at radius 3 is 3.09 bits per heavy atom. The molecule has 1 fully saturated rings. The third-order valence-electron chi connectivity index (χ3n) is 4.55. The number of hydrogen-bond donors (Lipinski definition) is 2. The first-order chi connectivity index (χ1) is 11.1. The average molecular weight is 312 g/mol. The Morgan fingerprint density at radius 2 is 2.35 bits per heavy atom. The number of nitrogens with zero attached hydrogens (tertiary/aromatic N) is 2. The van der Waals surface area contributed by atoms with Crippen molar-refractivity contribution >= 4 is 5.91 Å². The summed E-state index contributed by atoms with van der Waals surface area (Å²) in [5.41, 5.74) is 8.98. The fourth-order valence-corrected chi connectivity index (χ4v) is 3.16. The number of hydrogen-bond acceptors (Lipinski definition) is 3. The molecule has 122 valence electrons. The number of carbonyl (C=O) groups is 1. The van der Waals surface area contributed by atoms with Gasteiger partial charge in [-0.2, -0.15) is 0 Å². The number of amides is 1. The van der Waals surface area contributed by atoms with E-state index in [4.69, 9.17) is 5.73 Å². The first-order valence-electron chi connectivity index (χ1n) is 8.22. The summed E-state index contributed by atoms with van der Waals surface area (Å²) in [5, 5.41) is 0. The maximum atomic E-state index is 12.5. The molecule has 2 heterocycles. The van der Waals surface area contributed by atoms with Gasteiger partial charge in [0.2, 0.25) is 5.91 Å². The van der Waals surface area contributed by atoms with E-state index in [9.17, 15) is 4.79 Å². The molecule has 3 N–H and O–H groups in total. The van der Waals surface area contributed by atoms with Gasteiger partial charge in [0, 0.05) is 19.0 Å². The van der Waals surface area contributed by atoms with Gasteiger partial charge in [-0.15, -0.1) is 0 Å². The van der Waals surface area contributed by atoms with Gasteiger partial charge in [0.05, 0.1) is 17.9 Å². The summed E-state index contributed by atoms with van der Waals surface area (Å²) in [5.74, 6) is 0.863. The summed E-state index contributed by atoms with van der Waals surface area (Å²) < 4.78 is 0. The lowest BCUT2D eigenvalue weighted by Gasteiger charge is -2.25. The molecule has 2 unspecified atom stereocenters. The Labute approximate surface area is 136 Å². The maximum absolute atomic E-state index is 12.5. The van der Waals surface area contributed by atoms with Crippen molar-refractivity contribution in [3.8, 4) is 11.3 Å². The molecule has 1 saturated heterocycles. The summed E-state index contributed by atoms with van der Waals surface area (Å²) in [7, 11) is 0. The smallest absolute Gasteiger partial charge is 0.227 e. The highest BCUT2D eigenvalue weighted by molar-refractivity contribution is 5.79. The van der Waals surface area contributed by atoms with Crippen LogP contribution in [-0.2, 0) is 4.79 Å². The van der Waals surface area contributed by atoms with Crippen molar-refractivity contribution in [2.45, 2.75) is 32.7 Å². The van der Waals surface area contributed by atoms with E-state index in [0.717, 1.165) is 36.5 Å². The van der Waals surface area contributed by atoms with Crippen molar-refractivity contribution in [1.82, 2.24) is 14.9 Å². The monoisotopic (exact) mass is 312 g/mol. The van der Waals surface area contributed by atoms with Crippen LogP contribution >= 0.6 is 0 Å². The first-order valence-corrected chi connectivity index (χ1v) is 8.22. The van der Waals surface area contributed by atoms with E-state index in [-0.39, 0.29) is 17.9 Å². The lowest BCUT2D eigenvalue weighted by Crippen LogP contribution is -2.37. The van der Waals surface area contributed by atoms with Gasteiger partial charge in [0.15, 0.2) is 0 Å². The number of aromatic amines is 1. The SMILES string of the molecule is Cc1cccc(-c2cnc(C3CCCN3C(=O)C(C)CN)[nH]2)c1. The quantitative estimate of drug-likeness (QED) is 0.911. The summed E-state index contributed by atoms with van der Waals surface area (Å²) in [6.45, 7) is 5.13. The van der Waals surface area contributed by atoms with Crippen LogP contribution in [0.2, 0.25) is 0 Å². The molecule has 1 aromatic heterocycles. The van der Waals surface area contributed by atoms with E-state index in [1.54, 1.807) is 0 Å². The highest BCUT2D eigenvalue weighted by atomic mass is 16.2. The van der Waals surface area contributed by atoms with Gasteiger partial charge < -0.3 is 15.6 Å². The third-order valence-corrected chi connectivity index (χ3v) is 4.55. The minimum atomic E-state index is -0.137. The number of imidazole rings is 1. The summed E-state index contributed by atoms with van der Waals surface area (Å²) in [4.78, 5) is 22.4. The standard InChI is InChI=1S/C18H24N4O/c1-12-5-3-6-14(9-12)15-11-20-17(21-15)16-7-4-8-22(16)18(23)13(2)10-19/h3,5-6,9,11,13,16H,4,7-8,10,19H2,1-2H3,(H,20,21). The second kappa shape index (κ2) is 6.54. The Balaban J connectivity index is 1.83. The van der Waals surface area contributed by atoms with Crippen LogP contribution in [0, 0.1) is 12.8 Å². The van der Waals surface area contributed by atoms with Gasteiger partial charge in [-0.05, 0) is 31.4 Å². The molecular weight excluding hydrogens is 288 g/mol. The Morgan fingerprint density at radius 1 is 1.52 bits per heavy atom. The van der Waals surface area contributed by atoms with E-state index >= 15 is 0 Å². The van der Waals surface area contributed by atoms with Gasteiger partial charge in [-0.25, -0.2) is 4.98 Å². The Bertz CT molecular complexity index is 694. The lowest BCUT2D eigenvalue weighted by molar-refractivity contribution is -0.135. The molecule has 0 bridgehead atoms. The molecule has 5 heteroatoms.